The zero-order valence-electron chi connectivity index (χ0n) is 9.18. The van der Waals surface area contributed by atoms with Crippen molar-refractivity contribution >= 4 is 29.1 Å². The predicted octanol–water partition coefficient (Wildman–Crippen LogP) is 0.853. The Labute approximate surface area is 107 Å². The van der Waals surface area contributed by atoms with Crippen LogP contribution >= 0.6 is 11.6 Å². The van der Waals surface area contributed by atoms with Crippen LogP contribution in [0, 0.1) is 10.1 Å². The van der Waals surface area contributed by atoms with Crippen LogP contribution in [0.1, 0.15) is 16.8 Å². The van der Waals surface area contributed by atoms with Crippen molar-refractivity contribution in [3.63, 3.8) is 0 Å². The number of amides is 2. The van der Waals surface area contributed by atoms with Crippen molar-refractivity contribution in [3.8, 4) is 0 Å². The lowest BCUT2D eigenvalue weighted by atomic mass is 10.2. The van der Waals surface area contributed by atoms with Crippen molar-refractivity contribution in [1.82, 2.24) is 5.32 Å². The van der Waals surface area contributed by atoms with Crippen LogP contribution < -0.4 is 11.1 Å². The van der Waals surface area contributed by atoms with Gasteiger partial charge in [-0.05, 0) is 6.07 Å². The molecule has 96 valence electrons. The summed E-state index contributed by atoms with van der Waals surface area (Å²) in [5.41, 5.74) is 4.54. The van der Waals surface area contributed by atoms with Gasteiger partial charge in [-0.2, -0.15) is 0 Å². The van der Waals surface area contributed by atoms with Gasteiger partial charge in [0.2, 0.25) is 5.91 Å². The molecule has 0 radical (unpaired) electrons. The Balaban J connectivity index is 2.83. The number of nitro groups is 1. The highest BCUT2D eigenvalue weighted by molar-refractivity contribution is 6.35. The molecule has 0 unspecified atom stereocenters. The topological polar surface area (TPSA) is 115 Å². The van der Waals surface area contributed by atoms with E-state index in [4.69, 9.17) is 17.3 Å². The highest BCUT2D eigenvalue weighted by Gasteiger charge is 2.19. The minimum Gasteiger partial charge on any atom is -0.370 e. The van der Waals surface area contributed by atoms with Crippen molar-refractivity contribution in [2.24, 2.45) is 5.73 Å². The third-order valence-corrected chi connectivity index (χ3v) is 2.47. The first-order valence-electron chi connectivity index (χ1n) is 4.93. The number of rotatable bonds is 5. The van der Waals surface area contributed by atoms with Crippen molar-refractivity contribution < 1.29 is 14.5 Å². The van der Waals surface area contributed by atoms with E-state index in [-0.39, 0.29) is 29.2 Å². The van der Waals surface area contributed by atoms with Gasteiger partial charge in [-0.1, -0.05) is 17.7 Å². The molecule has 0 saturated carbocycles. The maximum atomic E-state index is 11.7. The first-order valence-corrected chi connectivity index (χ1v) is 5.30. The quantitative estimate of drug-likeness (QED) is 0.610. The van der Waals surface area contributed by atoms with Crippen LogP contribution in [0.15, 0.2) is 18.2 Å². The average molecular weight is 272 g/mol. The molecule has 0 bridgehead atoms. The molecule has 0 aliphatic heterocycles. The molecule has 0 aliphatic carbocycles. The van der Waals surface area contributed by atoms with Gasteiger partial charge in [0, 0.05) is 19.0 Å². The number of hydrogen-bond acceptors (Lipinski definition) is 4. The molecular weight excluding hydrogens is 262 g/mol. The minimum absolute atomic E-state index is 0.0156. The molecule has 1 aromatic rings. The number of carbonyl (C=O) groups is 2. The number of halogens is 1. The Kier molecular flexibility index (Phi) is 4.61. The molecule has 0 spiro atoms. The van der Waals surface area contributed by atoms with E-state index in [0.717, 1.165) is 0 Å². The number of nitrogens with two attached hydrogens (primary N) is 1. The van der Waals surface area contributed by atoms with E-state index in [2.05, 4.69) is 5.32 Å². The van der Waals surface area contributed by atoms with Gasteiger partial charge in [0.15, 0.2) is 0 Å². The first-order chi connectivity index (χ1) is 8.43. The van der Waals surface area contributed by atoms with Gasteiger partial charge in [0.1, 0.15) is 5.02 Å². The Hall–Kier alpha value is -2.15. The lowest BCUT2D eigenvalue weighted by molar-refractivity contribution is -0.384. The fourth-order valence-electron chi connectivity index (χ4n) is 1.23. The number of nitrogens with one attached hydrogen (secondary N) is 1. The van der Waals surface area contributed by atoms with Crippen molar-refractivity contribution in [2.45, 2.75) is 6.42 Å². The van der Waals surface area contributed by atoms with Gasteiger partial charge < -0.3 is 11.1 Å². The van der Waals surface area contributed by atoms with Gasteiger partial charge >= 0.3 is 0 Å². The molecule has 3 N–H and O–H groups in total. The van der Waals surface area contributed by atoms with E-state index in [9.17, 15) is 19.7 Å². The van der Waals surface area contributed by atoms with Gasteiger partial charge in [-0.3, -0.25) is 19.7 Å². The molecule has 7 nitrogen and oxygen atoms in total. The summed E-state index contributed by atoms with van der Waals surface area (Å²) in [6, 6.07) is 3.91. The fraction of sp³-hybridized carbons (Fsp3) is 0.200. The van der Waals surface area contributed by atoms with Crippen molar-refractivity contribution in [1.29, 1.82) is 0 Å². The van der Waals surface area contributed by atoms with Crippen LogP contribution in [-0.4, -0.2) is 23.3 Å². The SMILES string of the molecule is NC(=O)CCNC(=O)c1cccc([N+](=O)[O-])c1Cl. The van der Waals surface area contributed by atoms with E-state index in [1.54, 1.807) is 0 Å². The molecule has 2 amide bonds. The molecule has 0 atom stereocenters. The van der Waals surface area contributed by atoms with E-state index < -0.39 is 16.7 Å². The predicted molar refractivity (Wildman–Crippen MR) is 64.3 cm³/mol. The molecule has 0 aromatic heterocycles. The molecule has 1 rings (SSSR count). The summed E-state index contributed by atoms with van der Waals surface area (Å²) in [4.78, 5) is 32.1. The first kappa shape index (κ1) is 13.9. The standard InChI is InChI=1S/C10H10ClN3O4/c11-9-6(2-1-3-7(9)14(17)18)10(16)13-5-4-8(12)15/h1-3H,4-5H2,(H2,12,15)(H,13,16). The molecule has 0 heterocycles. The van der Waals surface area contributed by atoms with E-state index in [0.29, 0.717) is 0 Å². The maximum absolute atomic E-state index is 11.7. The number of primary amides is 1. The second-order valence-corrected chi connectivity index (χ2v) is 3.75. The smallest absolute Gasteiger partial charge is 0.288 e. The molecular formula is C10H10ClN3O4. The Morgan fingerprint density at radius 3 is 2.67 bits per heavy atom. The molecule has 1 aromatic carbocycles. The average Bonchev–Trinajstić information content (AvgIpc) is 2.28. The van der Waals surface area contributed by atoms with Crippen LogP contribution in [0.2, 0.25) is 5.02 Å². The third-order valence-electron chi connectivity index (χ3n) is 2.08. The number of benzene rings is 1. The van der Waals surface area contributed by atoms with E-state index in [1.807, 2.05) is 0 Å². The van der Waals surface area contributed by atoms with E-state index >= 15 is 0 Å². The summed E-state index contributed by atoms with van der Waals surface area (Å²) in [6.07, 6.45) is -0.0156. The van der Waals surface area contributed by atoms with Gasteiger partial charge in [0.05, 0.1) is 10.5 Å². The lowest BCUT2D eigenvalue weighted by Crippen LogP contribution is -2.28. The zero-order chi connectivity index (χ0) is 13.7. The summed E-state index contributed by atoms with van der Waals surface area (Å²) >= 11 is 5.75. The van der Waals surface area contributed by atoms with Gasteiger partial charge in [0.25, 0.3) is 11.6 Å². The maximum Gasteiger partial charge on any atom is 0.288 e. The Bertz CT molecular complexity index is 504. The molecule has 0 fully saturated rings. The second kappa shape index (κ2) is 5.97. The molecule has 8 heteroatoms. The second-order valence-electron chi connectivity index (χ2n) is 3.37. The van der Waals surface area contributed by atoms with Crippen molar-refractivity contribution in [3.05, 3.63) is 38.9 Å². The molecule has 0 aliphatic rings. The minimum atomic E-state index is -0.678. The van der Waals surface area contributed by atoms with Crippen LogP contribution in [0.5, 0.6) is 0 Å². The summed E-state index contributed by atoms with van der Waals surface area (Å²) in [6.45, 7) is 0.0488. The van der Waals surface area contributed by atoms with Crippen LogP contribution in [0.4, 0.5) is 5.69 Å². The Morgan fingerprint density at radius 2 is 2.11 bits per heavy atom. The number of nitrogens with zero attached hydrogens (tertiary/aromatic N) is 1. The Morgan fingerprint density at radius 1 is 1.44 bits per heavy atom. The number of nitro benzene ring substituents is 1. The van der Waals surface area contributed by atoms with E-state index in [1.165, 1.54) is 18.2 Å². The third kappa shape index (κ3) is 3.42. The number of hydrogen-bond donors (Lipinski definition) is 2. The van der Waals surface area contributed by atoms with Crippen molar-refractivity contribution in [2.75, 3.05) is 6.54 Å². The highest BCUT2D eigenvalue weighted by Crippen LogP contribution is 2.27. The summed E-state index contributed by atoms with van der Waals surface area (Å²) in [5, 5.41) is 12.8. The summed E-state index contributed by atoms with van der Waals surface area (Å²) in [5.74, 6) is -1.15. The van der Waals surface area contributed by atoms with Gasteiger partial charge in [-0.15, -0.1) is 0 Å². The molecule has 0 saturated heterocycles. The van der Waals surface area contributed by atoms with Crippen LogP contribution in [0.3, 0.4) is 0 Å². The zero-order valence-corrected chi connectivity index (χ0v) is 9.94. The van der Waals surface area contributed by atoms with Gasteiger partial charge in [-0.25, -0.2) is 0 Å². The normalized spacial score (nSPS) is 9.83. The lowest BCUT2D eigenvalue weighted by Gasteiger charge is -2.05. The summed E-state index contributed by atoms with van der Waals surface area (Å²) in [7, 11) is 0. The number of carbonyl (C=O) groups excluding carboxylic acids is 2. The summed E-state index contributed by atoms with van der Waals surface area (Å²) < 4.78 is 0. The monoisotopic (exact) mass is 271 g/mol. The van der Waals surface area contributed by atoms with Crippen LogP contribution in [-0.2, 0) is 4.79 Å². The molecule has 18 heavy (non-hydrogen) atoms. The van der Waals surface area contributed by atoms with Crippen LogP contribution in [0.25, 0.3) is 0 Å². The fourth-order valence-corrected chi connectivity index (χ4v) is 1.51. The largest absolute Gasteiger partial charge is 0.370 e. The highest BCUT2D eigenvalue weighted by atomic mass is 35.5.